The van der Waals surface area contributed by atoms with Crippen molar-refractivity contribution in [3.63, 3.8) is 0 Å². The summed E-state index contributed by atoms with van der Waals surface area (Å²) in [5.74, 6) is 0.777. The summed E-state index contributed by atoms with van der Waals surface area (Å²) in [6.45, 7) is 5.20. The molecule has 0 radical (unpaired) electrons. The maximum atomic E-state index is 5.29. The van der Waals surface area contributed by atoms with E-state index in [1.165, 1.54) is 11.1 Å². The Hall–Kier alpha value is -1.39. The van der Waals surface area contributed by atoms with Crippen LogP contribution in [0.5, 0.6) is 5.75 Å². The molecule has 0 fully saturated rings. The van der Waals surface area contributed by atoms with Crippen LogP contribution in [0.25, 0.3) is 0 Å². The number of hydrogen-bond donors (Lipinski definition) is 1. The molecule has 0 saturated carbocycles. The van der Waals surface area contributed by atoms with E-state index in [9.17, 15) is 0 Å². The van der Waals surface area contributed by atoms with Gasteiger partial charge in [0.15, 0.2) is 0 Å². The van der Waals surface area contributed by atoms with Crippen LogP contribution < -0.4 is 10.1 Å². The summed E-state index contributed by atoms with van der Waals surface area (Å²) in [6, 6.07) is 8.57. The smallest absolute Gasteiger partial charge is 0.137 e. The van der Waals surface area contributed by atoms with Gasteiger partial charge in [-0.25, -0.2) is 0 Å². The highest BCUT2D eigenvalue weighted by Gasteiger charge is 2.17. The van der Waals surface area contributed by atoms with Crippen LogP contribution in [0, 0.1) is 6.92 Å². The van der Waals surface area contributed by atoms with Crippen LogP contribution in [0.4, 0.5) is 0 Å². The van der Waals surface area contributed by atoms with Crippen molar-refractivity contribution in [3.8, 4) is 5.75 Å². The highest BCUT2D eigenvalue weighted by Crippen LogP contribution is 2.30. The van der Waals surface area contributed by atoms with E-state index in [-0.39, 0.29) is 6.04 Å². The third-order valence-electron chi connectivity index (χ3n) is 3.37. The van der Waals surface area contributed by atoms with E-state index >= 15 is 0 Å². The lowest BCUT2D eigenvalue weighted by molar-refractivity contribution is 0.411. The Morgan fingerprint density at radius 3 is 2.76 bits per heavy atom. The number of rotatable bonds is 6. The summed E-state index contributed by atoms with van der Waals surface area (Å²) < 4.78 is 6.40. The van der Waals surface area contributed by atoms with Crippen molar-refractivity contribution in [2.45, 2.75) is 26.3 Å². The first-order valence-corrected chi connectivity index (χ1v) is 7.93. The molecule has 1 aromatic heterocycles. The number of ether oxygens (including phenoxy) is 1. The van der Waals surface area contributed by atoms with Gasteiger partial charge in [-0.15, -0.1) is 0 Å². The molecule has 2 rings (SSSR count). The fraction of sp³-hybridized carbons (Fsp3) is 0.353. The number of nitrogens with zero attached hydrogens (tertiary/aromatic N) is 1. The molecule has 4 heteroatoms. The van der Waals surface area contributed by atoms with Gasteiger partial charge in [0.2, 0.25) is 0 Å². The molecular formula is C17H21BrN2O. The number of nitrogens with one attached hydrogen (secondary N) is 1. The maximum absolute atomic E-state index is 5.29. The summed E-state index contributed by atoms with van der Waals surface area (Å²) in [4.78, 5) is 4.28. The lowest BCUT2D eigenvalue weighted by Gasteiger charge is -2.21. The predicted octanol–water partition coefficient (Wildman–Crippen LogP) is 4.25. The van der Waals surface area contributed by atoms with Crippen molar-refractivity contribution in [2.24, 2.45) is 0 Å². The second-order valence-corrected chi connectivity index (χ2v) is 5.92. The van der Waals surface area contributed by atoms with Gasteiger partial charge in [0, 0.05) is 10.7 Å². The van der Waals surface area contributed by atoms with E-state index in [0.717, 1.165) is 28.8 Å². The van der Waals surface area contributed by atoms with Crippen LogP contribution in [0.2, 0.25) is 0 Å². The van der Waals surface area contributed by atoms with Gasteiger partial charge in [-0.3, -0.25) is 4.98 Å². The Morgan fingerprint density at radius 1 is 1.29 bits per heavy atom. The van der Waals surface area contributed by atoms with Crippen molar-refractivity contribution >= 4 is 15.9 Å². The summed E-state index contributed by atoms with van der Waals surface area (Å²) in [7, 11) is 1.66. The molecule has 0 bridgehead atoms. The monoisotopic (exact) mass is 348 g/mol. The van der Waals surface area contributed by atoms with Crippen molar-refractivity contribution in [1.82, 2.24) is 10.3 Å². The van der Waals surface area contributed by atoms with E-state index in [2.05, 4.69) is 58.3 Å². The van der Waals surface area contributed by atoms with Crippen LogP contribution in [0.3, 0.4) is 0 Å². The highest BCUT2D eigenvalue weighted by atomic mass is 79.9. The van der Waals surface area contributed by atoms with Gasteiger partial charge in [0.05, 0.1) is 19.3 Å². The Kier molecular flexibility index (Phi) is 5.76. The van der Waals surface area contributed by atoms with Gasteiger partial charge < -0.3 is 10.1 Å². The molecule has 0 saturated heterocycles. The van der Waals surface area contributed by atoms with E-state index in [1.807, 2.05) is 12.3 Å². The number of pyridine rings is 1. The van der Waals surface area contributed by atoms with Gasteiger partial charge in [-0.1, -0.05) is 35.0 Å². The molecule has 0 aliphatic carbocycles. The molecular weight excluding hydrogens is 328 g/mol. The van der Waals surface area contributed by atoms with Crippen LogP contribution in [0.1, 0.15) is 36.1 Å². The normalized spacial score (nSPS) is 12.2. The second kappa shape index (κ2) is 7.57. The number of hydrogen-bond acceptors (Lipinski definition) is 3. The average Bonchev–Trinajstić information content (AvgIpc) is 2.49. The van der Waals surface area contributed by atoms with Gasteiger partial charge in [0.25, 0.3) is 0 Å². The molecule has 0 aliphatic heterocycles. The van der Waals surface area contributed by atoms with Gasteiger partial charge in [0.1, 0.15) is 5.75 Å². The SMILES string of the molecule is CCCNC(c1cncc(OC)c1)c1ccc(C)cc1Br. The van der Waals surface area contributed by atoms with E-state index in [0.29, 0.717) is 0 Å². The first-order chi connectivity index (χ1) is 10.2. The van der Waals surface area contributed by atoms with Gasteiger partial charge in [-0.2, -0.15) is 0 Å². The van der Waals surface area contributed by atoms with E-state index < -0.39 is 0 Å². The quantitative estimate of drug-likeness (QED) is 0.847. The molecule has 0 spiro atoms. The minimum absolute atomic E-state index is 0.0996. The average molecular weight is 349 g/mol. The van der Waals surface area contributed by atoms with Crippen LogP contribution in [0.15, 0.2) is 41.1 Å². The van der Waals surface area contributed by atoms with Crippen LogP contribution in [-0.2, 0) is 0 Å². The Balaban J connectivity index is 2.41. The Morgan fingerprint density at radius 2 is 2.10 bits per heavy atom. The maximum Gasteiger partial charge on any atom is 0.137 e. The number of halogens is 1. The van der Waals surface area contributed by atoms with E-state index in [1.54, 1.807) is 13.3 Å². The minimum atomic E-state index is 0.0996. The van der Waals surface area contributed by atoms with Crippen molar-refractivity contribution < 1.29 is 4.74 Å². The fourth-order valence-corrected chi connectivity index (χ4v) is 2.99. The summed E-state index contributed by atoms with van der Waals surface area (Å²) in [5, 5.41) is 3.59. The molecule has 1 aromatic carbocycles. The third kappa shape index (κ3) is 4.05. The van der Waals surface area contributed by atoms with Crippen LogP contribution >= 0.6 is 15.9 Å². The molecule has 112 valence electrons. The predicted molar refractivity (Wildman–Crippen MR) is 89.8 cm³/mol. The molecule has 1 heterocycles. The molecule has 21 heavy (non-hydrogen) atoms. The Labute approximate surface area is 134 Å². The number of aromatic nitrogens is 1. The zero-order chi connectivity index (χ0) is 15.2. The molecule has 2 aromatic rings. The lowest BCUT2D eigenvalue weighted by atomic mass is 9.99. The van der Waals surface area contributed by atoms with E-state index in [4.69, 9.17) is 4.74 Å². The molecule has 1 atom stereocenters. The van der Waals surface area contributed by atoms with Crippen molar-refractivity contribution in [2.75, 3.05) is 13.7 Å². The molecule has 1 unspecified atom stereocenters. The standard InChI is InChI=1S/C17H21BrN2O/c1-4-7-20-17(13-9-14(21-3)11-19-10-13)15-6-5-12(2)8-16(15)18/h5-6,8-11,17,20H,4,7H2,1-3H3. The Bertz CT molecular complexity index is 601. The molecule has 0 amide bonds. The van der Waals surface area contributed by atoms with Crippen molar-refractivity contribution in [3.05, 3.63) is 57.8 Å². The second-order valence-electron chi connectivity index (χ2n) is 5.07. The fourth-order valence-electron chi connectivity index (χ4n) is 2.27. The number of methoxy groups -OCH3 is 1. The minimum Gasteiger partial charge on any atom is -0.495 e. The number of aryl methyl sites for hydroxylation is 1. The third-order valence-corrected chi connectivity index (χ3v) is 4.06. The van der Waals surface area contributed by atoms with Gasteiger partial charge >= 0.3 is 0 Å². The zero-order valence-corrected chi connectivity index (χ0v) is 14.3. The molecule has 1 N–H and O–H groups in total. The van der Waals surface area contributed by atoms with Crippen molar-refractivity contribution in [1.29, 1.82) is 0 Å². The summed E-state index contributed by atoms with van der Waals surface area (Å²) in [5.41, 5.74) is 3.56. The topological polar surface area (TPSA) is 34.2 Å². The highest BCUT2D eigenvalue weighted by molar-refractivity contribution is 9.10. The number of benzene rings is 1. The summed E-state index contributed by atoms with van der Waals surface area (Å²) >= 11 is 3.68. The first kappa shape index (κ1) is 16.0. The van der Waals surface area contributed by atoms with Gasteiger partial charge in [-0.05, 0) is 48.7 Å². The first-order valence-electron chi connectivity index (χ1n) is 7.14. The largest absolute Gasteiger partial charge is 0.495 e. The molecule has 3 nitrogen and oxygen atoms in total. The zero-order valence-electron chi connectivity index (χ0n) is 12.7. The summed E-state index contributed by atoms with van der Waals surface area (Å²) in [6.07, 6.45) is 4.70. The lowest BCUT2D eigenvalue weighted by Crippen LogP contribution is -2.23. The molecule has 0 aliphatic rings. The van der Waals surface area contributed by atoms with Crippen LogP contribution in [-0.4, -0.2) is 18.6 Å².